The number of methoxy groups -OCH3 is 1. The SMILES string of the molecule is CCOC(=O)C1=C(N)N(c2ccc(Cl)cc2)C2=C(C(=O)CC(C)(C)C2)[C@H]1c1ccc(OC)c(O)c1. The first kappa shape index (κ1) is 24.7. The number of allylic oxidation sites excluding steroid dienone is 2. The lowest BCUT2D eigenvalue weighted by atomic mass is 9.68. The predicted molar refractivity (Wildman–Crippen MR) is 134 cm³/mol. The maximum atomic E-state index is 13.7. The van der Waals surface area contributed by atoms with E-state index in [1.807, 2.05) is 13.8 Å². The van der Waals surface area contributed by atoms with Crippen molar-refractivity contribution in [3.63, 3.8) is 0 Å². The van der Waals surface area contributed by atoms with Crippen molar-refractivity contribution < 1.29 is 24.2 Å². The van der Waals surface area contributed by atoms with Gasteiger partial charge in [-0.15, -0.1) is 0 Å². The molecule has 0 fully saturated rings. The number of rotatable bonds is 5. The molecule has 0 aromatic heterocycles. The molecule has 0 spiro atoms. The first-order valence-electron chi connectivity index (χ1n) is 11.4. The summed E-state index contributed by atoms with van der Waals surface area (Å²) in [5.41, 5.74) is 8.99. The number of hydrogen-bond acceptors (Lipinski definition) is 7. The molecule has 4 rings (SSSR count). The van der Waals surface area contributed by atoms with Gasteiger partial charge in [0.15, 0.2) is 17.3 Å². The smallest absolute Gasteiger partial charge is 0.338 e. The van der Waals surface area contributed by atoms with Crippen LogP contribution in [0.4, 0.5) is 5.69 Å². The zero-order valence-corrected chi connectivity index (χ0v) is 21.0. The quantitative estimate of drug-likeness (QED) is 0.559. The van der Waals surface area contributed by atoms with Crippen LogP contribution in [0.5, 0.6) is 11.5 Å². The number of aromatic hydroxyl groups is 1. The number of carbonyl (C=O) groups excluding carboxylic acids is 2. The van der Waals surface area contributed by atoms with Crippen molar-refractivity contribution >= 4 is 29.0 Å². The minimum Gasteiger partial charge on any atom is -0.504 e. The number of nitrogens with two attached hydrogens (primary N) is 1. The molecule has 0 amide bonds. The van der Waals surface area contributed by atoms with Gasteiger partial charge in [0.25, 0.3) is 0 Å². The van der Waals surface area contributed by atoms with E-state index in [9.17, 15) is 14.7 Å². The summed E-state index contributed by atoms with van der Waals surface area (Å²) in [6.45, 7) is 5.92. The van der Waals surface area contributed by atoms with E-state index in [1.54, 1.807) is 48.2 Å². The summed E-state index contributed by atoms with van der Waals surface area (Å²) in [4.78, 5) is 28.8. The molecule has 2 aromatic carbocycles. The van der Waals surface area contributed by atoms with Gasteiger partial charge in [-0.25, -0.2) is 4.79 Å². The Balaban J connectivity index is 2.02. The number of phenolic OH excluding ortho intramolecular Hbond substituents is 1. The average molecular weight is 497 g/mol. The standard InChI is InChI=1S/C27H29ClN2O5/c1-5-35-26(33)24-22(15-6-11-21(34-4)19(31)12-15)23-18(13-27(2,3)14-20(23)32)30(25(24)29)17-9-7-16(28)8-10-17/h6-12,22,31H,5,13-14,29H2,1-4H3/t22-/m1/s1. The van der Waals surface area contributed by atoms with E-state index in [0.29, 0.717) is 34.7 Å². The van der Waals surface area contributed by atoms with Crippen LogP contribution in [0, 0.1) is 5.41 Å². The summed E-state index contributed by atoms with van der Waals surface area (Å²) in [6.07, 6.45) is 0.876. The van der Waals surface area contributed by atoms with Gasteiger partial charge in [-0.2, -0.15) is 0 Å². The number of hydrogen-bond donors (Lipinski definition) is 2. The minimum atomic E-state index is -0.798. The Morgan fingerprint density at radius 2 is 1.89 bits per heavy atom. The predicted octanol–water partition coefficient (Wildman–Crippen LogP) is 5.03. The van der Waals surface area contributed by atoms with Crippen LogP contribution < -0.4 is 15.4 Å². The fourth-order valence-electron chi connectivity index (χ4n) is 4.92. The molecular formula is C27H29ClN2O5. The molecule has 1 aliphatic heterocycles. The zero-order chi connectivity index (χ0) is 25.5. The van der Waals surface area contributed by atoms with Crippen molar-refractivity contribution in [3.05, 3.63) is 75.7 Å². The number of esters is 1. The second kappa shape index (κ2) is 9.30. The van der Waals surface area contributed by atoms with E-state index in [1.165, 1.54) is 13.2 Å². The molecule has 184 valence electrons. The normalized spacial score (nSPS) is 19.5. The Morgan fingerprint density at radius 3 is 2.49 bits per heavy atom. The summed E-state index contributed by atoms with van der Waals surface area (Å²) in [5, 5.41) is 11.1. The summed E-state index contributed by atoms with van der Waals surface area (Å²) in [7, 11) is 1.45. The third kappa shape index (κ3) is 4.48. The number of ketones is 1. The van der Waals surface area contributed by atoms with Gasteiger partial charge < -0.3 is 20.3 Å². The molecular weight excluding hydrogens is 468 g/mol. The average Bonchev–Trinajstić information content (AvgIpc) is 2.78. The van der Waals surface area contributed by atoms with E-state index in [4.69, 9.17) is 26.8 Å². The molecule has 2 aromatic rings. The summed E-state index contributed by atoms with van der Waals surface area (Å²) in [6, 6.07) is 11.9. The number of carbonyl (C=O) groups is 2. The maximum absolute atomic E-state index is 13.7. The summed E-state index contributed by atoms with van der Waals surface area (Å²) in [5.74, 6) is -1.13. The van der Waals surface area contributed by atoms with Gasteiger partial charge in [0.05, 0.1) is 25.2 Å². The molecule has 0 unspecified atom stereocenters. The van der Waals surface area contributed by atoms with E-state index in [2.05, 4.69) is 0 Å². The van der Waals surface area contributed by atoms with Crippen molar-refractivity contribution in [1.29, 1.82) is 0 Å². The lowest BCUT2D eigenvalue weighted by molar-refractivity contribution is -0.138. The molecule has 3 N–H and O–H groups in total. The molecule has 35 heavy (non-hydrogen) atoms. The van der Waals surface area contributed by atoms with E-state index in [0.717, 1.165) is 5.70 Å². The van der Waals surface area contributed by atoms with Crippen LogP contribution >= 0.6 is 11.6 Å². The Kier molecular flexibility index (Phi) is 6.56. The van der Waals surface area contributed by atoms with Gasteiger partial charge in [-0.1, -0.05) is 31.5 Å². The molecule has 0 radical (unpaired) electrons. The summed E-state index contributed by atoms with van der Waals surface area (Å²) < 4.78 is 10.6. The molecule has 8 heteroatoms. The van der Waals surface area contributed by atoms with Crippen LogP contribution in [0.2, 0.25) is 5.02 Å². The van der Waals surface area contributed by atoms with Crippen molar-refractivity contribution in [1.82, 2.24) is 0 Å². The van der Waals surface area contributed by atoms with E-state index >= 15 is 0 Å². The molecule has 1 atom stereocenters. The summed E-state index contributed by atoms with van der Waals surface area (Å²) >= 11 is 6.12. The minimum absolute atomic E-state index is 0.0789. The highest BCUT2D eigenvalue weighted by atomic mass is 35.5. The van der Waals surface area contributed by atoms with Crippen molar-refractivity contribution in [3.8, 4) is 11.5 Å². The fraction of sp³-hybridized carbons (Fsp3) is 0.333. The highest BCUT2D eigenvalue weighted by molar-refractivity contribution is 6.30. The zero-order valence-electron chi connectivity index (χ0n) is 20.2. The third-order valence-corrected chi connectivity index (χ3v) is 6.63. The molecule has 7 nitrogen and oxygen atoms in total. The van der Waals surface area contributed by atoms with Crippen LogP contribution in [-0.4, -0.2) is 30.6 Å². The largest absolute Gasteiger partial charge is 0.504 e. The van der Waals surface area contributed by atoms with Crippen molar-refractivity contribution in [2.45, 2.75) is 39.5 Å². The van der Waals surface area contributed by atoms with Crippen LogP contribution in [0.3, 0.4) is 0 Å². The molecule has 0 bridgehead atoms. The number of ether oxygens (including phenoxy) is 2. The molecule has 1 heterocycles. The highest BCUT2D eigenvalue weighted by Crippen LogP contribution is 2.51. The number of phenols is 1. The molecule has 0 saturated carbocycles. The van der Waals surface area contributed by atoms with Crippen molar-refractivity contribution in [2.75, 3.05) is 18.6 Å². The number of halogens is 1. The highest BCUT2D eigenvalue weighted by Gasteiger charge is 2.46. The number of anilines is 1. The van der Waals surface area contributed by atoms with E-state index in [-0.39, 0.29) is 40.7 Å². The van der Waals surface area contributed by atoms with Gasteiger partial charge in [0.2, 0.25) is 0 Å². The molecule has 2 aliphatic rings. The Bertz CT molecular complexity index is 1250. The van der Waals surface area contributed by atoms with E-state index < -0.39 is 11.9 Å². The van der Waals surface area contributed by atoms with Crippen molar-refractivity contribution in [2.24, 2.45) is 11.1 Å². The van der Waals surface area contributed by atoms with Crippen LogP contribution in [0.15, 0.2) is 65.1 Å². The van der Waals surface area contributed by atoms with Gasteiger partial charge >= 0.3 is 5.97 Å². The Labute approximate surface area is 209 Å². The second-order valence-corrected chi connectivity index (χ2v) is 9.93. The first-order chi connectivity index (χ1) is 16.6. The van der Waals surface area contributed by atoms with Crippen LogP contribution in [0.1, 0.15) is 45.1 Å². The monoisotopic (exact) mass is 496 g/mol. The van der Waals surface area contributed by atoms with Crippen LogP contribution in [0.25, 0.3) is 0 Å². The first-order valence-corrected chi connectivity index (χ1v) is 11.8. The van der Waals surface area contributed by atoms with Gasteiger partial charge in [-0.3, -0.25) is 9.69 Å². The number of nitrogens with zero attached hydrogens (tertiary/aromatic N) is 1. The Hall–Kier alpha value is -3.45. The molecule has 0 saturated heterocycles. The number of Topliss-reactive ketones (excluding diaryl/α,β-unsaturated/α-hetero) is 1. The Morgan fingerprint density at radius 1 is 1.20 bits per heavy atom. The van der Waals surface area contributed by atoms with Gasteiger partial charge in [0, 0.05) is 28.4 Å². The maximum Gasteiger partial charge on any atom is 0.338 e. The molecule has 1 aliphatic carbocycles. The van der Waals surface area contributed by atoms with Gasteiger partial charge in [0.1, 0.15) is 5.82 Å². The van der Waals surface area contributed by atoms with Gasteiger partial charge in [-0.05, 0) is 60.7 Å². The third-order valence-electron chi connectivity index (χ3n) is 6.38. The van der Waals surface area contributed by atoms with Crippen LogP contribution in [-0.2, 0) is 14.3 Å². The lowest BCUT2D eigenvalue weighted by Crippen LogP contribution is -2.43. The fourth-order valence-corrected chi connectivity index (χ4v) is 5.05. The second-order valence-electron chi connectivity index (χ2n) is 9.50. The topological polar surface area (TPSA) is 102 Å². The number of benzene rings is 2. The lowest BCUT2D eigenvalue weighted by Gasteiger charge is -2.44.